The molecule has 7 nitrogen and oxygen atoms in total. The van der Waals surface area contributed by atoms with Crippen LogP contribution >= 0.6 is 0 Å². The minimum atomic E-state index is -0.597. The molecular formula is C16H18N2O5. The number of benzene rings is 1. The fourth-order valence-electron chi connectivity index (χ4n) is 2.69. The predicted molar refractivity (Wildman–Crippen MR) is 79.7 cm³/mol. The van der Waals surface area contributed by atoms with Crippen LogP contribution in [-0.4, -0.2) is 60.1 Å². The molecule has 0 N–H and O–H groups in total. The van der Waals surface area contributed by atoms with Crippen molar-refractivity contribution >= 4 is 17.9 Å². The van der Waals surface area contributed by atoms with Gasteiger partial charge in [0, 0.05) is 25.6 Å². The molecule has 0 radical (unpaired) electrons. The van der Waals surface area contributed by atoms with Gasteiger partial charge in [0.05, 0.1) is 0 Å². The molecule has 2 saturated heterocycles. The monoisotopic (exact) mass is 318 g/mol. The van der Waals surface area contributed by atoms with E-state index in [0.717, 1.165) is 4.90 Å². The first kappa shape index (κ1) is 15.3. The van der Waals surface area contributed by atoms with Crippen molar-refractivity contribution in [3.63, 3.8) is 0 Å². The third kappa shape index (κ3) is 3.28. The lowest BCUT2D eigenvalue weighted by Gasteiger charge is -2.41. The Labute approximate surface area is 133 Å². The summed E-state index contributed by atoms with van der Waals surface area (Å²) in [7, 11) is 0. The van der Waals surface area contributed by atoms with Crippen LogP contribution in [-0.2, 0) is 14.3 Å². The highest BCUT2D eigenvalue weighted by molar-refractivity contribution is 5.97. The Morgan fingerprint density at radius 2 is 2.00 bits per heavy atom. The first-order valence-corrected chi connectivity index (χ1v) is 7.52. The Hall–Kier alpha value is -2.57. The van der Waals surface area contributed by atoms with Crippen LogP contribution in [0.2, 0.25) is 0 Å². The Bertz CT molecular complexity index is 596. The smallest absolute Gasteiger partial charge is 0.417 e. The Balaban J connectivity index is 1.46. The van der Waals surface area contributed by atoms with E-state index in [1.165, 1.54) is 0 Å². The number of nitrogens with zero attached hydrogens (tertiary/aromatic N) is 2. The zero-order valence-electron chi connectivity index (χ0n) is 12.8. The summed E-state index contributed by atoms with van der Waals surface area (Å²) in [5, 5.41) is 0. The van der Waals surface area contributed by atoms with Gasteiger partial charge in [-0.05, 0) is 19.1 Å². The number of likely N-dealkylation sites (tertiary alicyclic amines) is 1. The molecule has 7 heteroatoms. The van der Waals surface area contributed by atoms with E-state index in [9.17, 15) is 14.4 Å². The fraction of sp³-hybridized carbons (Fsp3) is 0.438. The normalized spacial score (nSPS) is 19.3. The lowest BCUT2D eigenvalue weighted by Crippen LogP contribution is -2.57. The van der Waals surface area contributed by atoms with Crippen molar-refractivity contribution < 1.29 is 23.9 Å². The number of ether oxygens (including phenoxy) is 2. The van der Waals surface area contributed by atoms with Gasteiger partial charge in [-0.2, -0.15) is 0 Å². The molecule has 2 aliphatic rings. The lowest BCUT2D eigenvalue weighted by molar-refractivity contribution is -0.145. The molecule has 1 aromatic carbocycles. The molecule has 23 heavy (non-hydrogen) atoms. The number of hydrogen-bond donors (Lipinski definition) is 0. The topological polar surface area (TPSA) is 76.2 Å². The molecule has 0 aliphatic carbocycles. The van der Waals surface area contributed by atoms with Gasteiger partial charge < -0.3 is 14.4 Å². The second-order valence-electron chi connectivity index (χ2n) is 5.74. The van der Waals surface area contributed by atoms with Crippen molar-refractivity contribution in [3.05, 3.63) is 30.3 Å². The van der Waals surface area contributed by atoms with Crippen molar-refractivity contribution in [3.8, 4) is 5.75 Å². The number of imide groups is 1. The summed E-state index contributed by atoms with van der Waals surface area (Å²) < 4.78 is 10.3. The molecule has 3 amide bonds. The molecule has 1 atom stereocenters. The summed E-state index contributed by atoms with van der Waals surface area (Å²) in [6.07, 6.45) is -1.17. The van der Waals surface area contributed by atoms with E-state index in [1.807, 2.05) is 18.2 Å². The van der Waals surface area contributed by atoms with Gasteiger partial charge in [0.25, 0.3) is 11.8 Å². The van der Waals surface area contributed by atoms with E-state index in [0.29, 0.717) is 25.4 Å². The summed E-state index contributed by atoms with van der Waals surface area (Å²) in [6, 6.07) is 9.17. The molecule has 2 heterocycles. The lowest BCUT2D eigenvalue weighted by atomic mass is 9.99. The number of carbonyl (C=O) groups excluding carboxylic acids is 3. The molecule has 0 bridgehead atoms. The first-order chi connectivity index (χ1) is 11.0. The molecule has 0 saturated carbocycles. The number of amides is 3. The average molecular weight is 318 g/mol. The second-order valence-corrected chi connectivity index (χ2v) is 5.74. The standard InChI is InChI=1S/C16H18N2O5/c1-11(23-13-5-3-2-4-6-13)15(20)17-7-12(8-17)9-18-14(19)10-22-16(18)21/h2-6,11-12H,7-10H2,1H3/t11-/m0/s1. The fourth-order valence-corrected chi connectivity index (χ4v) is 2.69. The zero-order chi connectivity index (χ0) is 16.4. The van der Waals surface area contributed by atoms with Gasteiger partial charge in [0.2, 0.25) is 0 Å². The van der Waals surface area contributed by atoms with Crippen LogP contribution in [0.4, 0.5) is 4.79 Å². The number of carbonyl (C=O) groups is 3. The minimum absolute atomic E-state index is 0.0949. The van der Waals surface area contributed by atoms with Crippen molar-refractivity contribution in [1.29, 1.82) is 0 Å². The molecule has 0 aromatic heterocycles. The predicted octanol–water partition coefficient (Wildman–Crippen LogP) is 0.891. The van der Waals surface area contributed by atoms with Crippen LogP contribution in [0.3, 0.4) is 0 Å². The second kappa shape index (κ2) is 6.28. The van der Waals surface area contributed by atoms with Gasteiger partial charge in [-0.25, -0.2) is 9.69 Å². The highest BCUT2D eigenvalue weighted by Crippen LogP contribution is 2.21. The van der Waals surface area contributed by atoms with E-state index in [2.05, 4.69) is 4.74 Å². The van der Waals surface area contributed by atoms with Gasteiger partial charge in [0.15, 0.2) is 12.7 Å². The van der Waals surface area contributed by atoms with Gasteiger partial charge in [0.1, 0.15) is 5.75 Å². The number of hydrogen-bond acceptors (Lipinski definition) is 5. The van der Waals surface area contributed by atoms with Gasteiger partial charge in [-0.1, -0.05) is 18.2 Å². The zero-order valence-corrected chi connectivity index (χ0v) is 12.8. The first-order valence-electron chi connectivity index (χ1n) is 7.52. The Morgan fingerprint density at radius 1 is 1.30 bits per heavy atom. The van der Waals surface area contributed by atoms with Gasteiger partial charge in [-0.15, -0.1) is 0 Å². The van der Waals surface area contributed by atoms with E-state index in [4.69, 9.17) is 4.74 Å². The van der Waals surface area contributed by atoms with Crippen LogP contribution < -0.4 is 4.74 Å². The number of cyclic esters (lactones) is 1. The van der Waals surface area contributed by atoms with Crippen molar-refractivity contribution in [2.75, 3.05) is 26.2 Å². The number of rotatable bonds is 5. The van der Waals surface area contributed by atoms with Gasteiger partial charge in [-0.3, -0.25) is 9.59 Å². The molecule has 1 aromatic rings. The molecule has 2 fully saturated rings. The maximum atomic E-state index is 12.3. The highest BCUT2D eigenvalue weighted by Gasteiger charge is 2.39. The Kier molecular flexibility index (Phi) is 4.18. The third-order valence-corrected chi connectivity index (χ3v) is 3.95. The maximum Gasteiger partial charge on any atom is 0.417 e. The van der Waals surface area contributed by atoms with Crippen molar-refractivity contribution in [2.24, 2.45) is 5.92 Å². The third-order valence-electron chi connectivity index (χ3n) is 3.95. The number of para-hydroxylation sites is 1. The van der Waals surface area contributed by atoms with Crippen LogP contribution in [0.1, 0.15) is 6.92 Å². The van der Waals surface area contributed by atoms with Crippen molar-refractivity contribution in [1.82, 2.24) is 9.80 Å². The molecule has 0 unspecified atom stereocenters. The maximum absolute atomic E-state index is 12.3. The summed E-state index contributed by atoms with van der Waals surface area (Å²) >= 11 is 0. The summed E-state index contributed by atoms with van der Waals surface area (Å²) in [5.41, 5.74) is 0. The van der Waals surface area contributed by atoms with Crippen LogP contribution in [0.5, 0.6) is 5.75 Å². The van der Waals surface area contributed by atoms with E-state index in [1.54, 1.807) is 24.0 Å². The van der Waals surface area contributed by atoms with E-state index in [-0.39, 0.29) is 24.3 Å². The minimum Gasteiger partial charge on any atom is -0.481 e. The average Bonchev–Trinajstić information content (AvgIpc) is 2.82. The summed E-state index contributed by atoms with van der Waals surface area (Å²) in [5.74, 6) is 0.328. The van der Waals surface area contributed by atoms with Crippen LogP contribution in [0.25, 0.3) is 0 Å². The summed E-state index contributed by atoms with van der Waals surface area (Å²) in [4.78, 5) is 37.9. The quantitative estimate of drug-likeness (QED) is 0.806. The van der Waals surface area contributed by atoms with Crippen LogP contribution in [0, 0.1) is 5.92 Å². The highest BCUT2D eigenvalue weighted by atomic mass is 16.6. The largest absolute Gasteiger partial charge is 0.481 e. The molecule has 0 spiro atoms. The SMILES string of the molecule is C[C@H](Oc1ccccc1)C(=O)N1CC(CN2C(=O)COC2=O)C1. The van der Waals surface area contributed by atoms with Gasteiger partial charge >= 0.3 is 6.09 Å². The van der Waals surface area contributed by atoms with Crippen LogP contribution in [0.15, 0.2) is 30.3 Å². The van der Waals surface area contributed by atoms with E-state index >= 15 is 0 Å². The summed E-state index contributed by atoms with van der Waals surface area (Å²) in [6.45, 7) is 2.85. The van der Waals surface area contributed by atoms with E-state index < -0.39 is 12.2 Å². The molecule has 3 rings (SSSR count). The van der Waals surface area contributed by atoms with Crippen molar-refractivity contribution in [2.45, 2.75) is 13.0 Å². The molecular weight excluding hydrogens is 300 g/mol. The molecule has 122 valence electrons. The molecule has 2 aliphatic heterocycles. The Morgan fingerprint density at radius 3 is 2.61 bits per heavy atom.